The first-order valence-electron chi connectivity index (χ1n) is 8.02. The Hall–Kier alpha value is -1.31. The van der Waals surface area contributed by atoms with Crippen LogP contribution in [0.1, 0.15) is 12.0 Å². The predicted octanol–water partition coefficient (Wildman–Crippen LogP) is 1.91. The van der Waals surface area contributed by atoms with Crippen molar-refractivity contribution in [3.05, 3.63) is 29.6 Å². The van der Waals surface area contributed by atoms with Crippen LogP contribution in [0.25, 0.3) is 0 Å². The summed E-state index contributed by atoms with van der Waals surface area (Å²) in [4.78, 5) is 4.80. The molecule has 7 heteroatoms. The van der Waals surface area contributed by atoms with Crippen molar-refractivity contribution in [3.8, 4) is 5.75 Å². The van der Waals surface area contributed by atoms with Crippen LogP contribution in [0.15, 0.2) is 18.2 Å². The summed E-state index contributed by atoms with van der Waals surface area (Å²) < 4.78 is 42.2. The van der Waals surface area contributed by atoms with Crippen molar-refractivity contribution < 1.29 is 17.9 Å². The molecule has 3 rings (SSSR count). The molecule has 0 spiro atoms. The maximum atomic E-state index is 13.8. The van der Waals surface area contributed by atoms with Gasteiger partial charge < -0.3 is 10.1 Å². The Morgan fingerprint density at radius 3 is 2.70 bits per heavy atom. The standard InChI is InChI=1S/C16H22F3N3O/c17-14-9-12(1-2-15(14)23-16(18)19)10-21-6-3-13(11-21)22-7-4-20-5-8-22/h1-2,9,13,16,20H,3-8,10-11H2. The third kappa shape index (κ3) is 4.37. The lowest BCUT2D eigenvalue weighted by molar-refractivity contribution is -0.0522. The second kappa shape index (κ2) is 7.51. The molecule has 1 aromatic carbocycles. The SMILES string of the molecule is Fc1cc(CN2CCC(N3CCNCC3)C2)ccc1OC(F)F. The van der Waals surface area contributed by atoms with Crippen molar-refractivity contribution in [1.82, 2.24) is 15.1 Å². The summed E-state index contributed by atoms with van der Waals surface area (Å²) in [6.07, 6.45) is 1.12. The average Bonchev–Trinajstić information content (AvgIpc) is 2.99. The van der Waals surface area contributed by atoms with Crippen LogP contribution in [-0.2, 0) is 6.54 Å². The fourth-order valence-electron chi connectivity index (χ4n) is 3.39. The Balaban J connectivity index is 1.54. The summed E-state index contributed by atoms with van der Waals surface area (Å²) in [6, 6.07) is 4.78. The Kier molecular flexibility index (Phi) is 5.40. The van der Waals surface area contributed by atoms with Gasteiger partial charge >= 0.3 is 6.61 Å². The van der Waals surface area contributed by atoms with E-state index < -0.39 is 18.2 Å². The highest BCUT2D eigenvalue weighted by Gasteiger charge is 2.28. The summed E-state index contributed by atoms with van der Waals surface area (Å²) >= 11 is 0. The van der Waals surface area contributed by atoms with E-state index in [2.05, 4.69) is 19.9 Å². The Morgan fingerprint density at radius 1 is 1.22 bits per heavy atom. The molecule has 0 aliphatic carbocycles. The largest absolute Gasteiger partial charge is 0.432 e. The third-order valence-corrected chi connectivity index (χ3v) is 4.53. The van der Waals surface area contributed by atoms with E-state index in [0.717, 1.165) is 51.3 Å². The molecule has 2 saturated heterocycles. The zero-order chi connectivity index (χ0) is 16.2. The van der Waals surface area contributed by atoms with Crippen LogP contribution in [0, 0.1) is 5.82 Å². The summed E-state index contributed by atoms with van der Waals surface area (Å²) in [6.45, 7) is 3.80. The Morgan fingerprint density at radius 2 is 2.00 bits per heavy atom. The van der Waals surface area contributed by atoms with Crippen LogP contribution in [0.4, 0.5) is 13.2 Å². The van der Waals surface area contributed by atoms with Crippen molar-refractivity contribution in [2.75, 3.05) is 39.3 Å². The molecule has 1 unspecified atom stereocenters. The minimum Gasteiger partial charge on any atom is -0.432 e. The van der Waals surface area contributed by atoms with Crippen molar-refractivity contribution in [1.29, 1.82) is 0 Å². The summed E-state index contributed by atoms with van der Waals surface area (Å²) in [5.74, 6) is -1.13. The van der Waals surface area contributed by atoms with Gasteiger partial charge in [-0.05, 0) is 24.1 Å². The van der Waals surface area contributed by atoms with Gasteiger partial charge in [0.1, 0.15) is 0 Å². The van der Waals surface area contributed by atoms with Crippen LogP contribution in [-0.4, -0.2) is 61.7 Å². The van der Waals surface area contributed by atoms with Gasteiger partial charge in [0.15, 0.2) is 11.6 Å². The van der Waals surface area contributed by atoms with Crippen LogP contribution in [0.2, 0.25) is 0 Å². The highest BCUT2D eigenvalue weighted by atomic mass is 19.3. The highest BCUT2D eigenvalue weighted by molar-refractivity contribution is 5.29. The molecule has 0 aromatic heterocycles. The lowest BCUT2D eigenvalue weighted by Gasteiger charge is -2.32. The van der Waals surface area contributed by atoms with Gasteiger partial charge in [0.05, 0.1) is 0 Å². The molecule has 1 atom stereocenters. The predicted molar refractivity (Wildman–Crippen MR) is 81.2 cm³/mol. The maximum Gasteiger partial charge on any atom is 0.387 e. The van der Waals surface area contributed by atoms with E-state index in [1.165, 1.54) is 12.1 Å². The van der Waals surface area contributed by atoms with Crippen LogP contribution in [0.3, 0.4) is 0 Å². The molecule has 0 saturated carbocycles. The van der Waals surface area contributed by atoms with Gasteiger partial charge in [0.25, 0.3) is 0 Å². The smallest absolute Gasteiger partial charge is 0.387 e. The minimum absolute atomic E-state index is 0.399. The van der Waals surface area contributed by atoms with E-state index in [-0.39, 0.29) is 0 Å². The number of piperazine rings is 1. The van der Waals surface area contributed by atoms with Crippen molar-refractivity contribution in [2.24, 2.45) is 0 Å². The molecule has 128 valence electrons. The fourth-order valence-corrected chi connectivity index (χ4v) is 3.39. The molecular formula is C16H22F3N3O. The van der Waals surface area contributed by atoms with Gasteiger partial charge in [-0.2, -0.15) is 8.78 Å². The number of likely N-dealkylation sites (tertiary alicyclic amines) is 1. The monoisotopic (exact) mass is 329 g/mol. The van der Waals surface area contributed by atoms with Crippen molar-refractivity contribution >= 4 is 0 Å². The zero-order valence-electron chi connectivity index (χ0n) is 13.0. The van der Waals surface area contributed by atoms with Gasteiger partial charge in [-0.15, -0.1) is 0 Å². The Bertz CT molecular complexity index is 523. The number of benzene rings is 1. The van der Waals surface area contributed by atoms with Crippen LogP contribution < -0.4 is 10.1 Å². The summed E-state index contributed by atoms with van der Waals surface area (Å²) in [5.41, 5.74) is 0.782. The first kappa shape index (κ1) is 16.5. The van der Waals surface area contributed by atoms with Crippen molar-refractivity contribution in [3.63, 3.8) is 0 Å². The first-order valence-corrected chi connectivity index (χ1v) is 8.02. The van der Waals surface area contributed by atoms with E-state index in [9.17, 15) is 13.2 Å². The maximum absolute atomic E-state index is 13.8. The first-order chi connectivity index (χ1) is 11.1. The van der Waals surface area contributed by atoms with E-state index >= 15 is 0 Å². The van der Waals surface area contributed by atoms with Gasteiger partial charge in [-0.1, -0.05) is 6.07 Å². The number of hydrogen-bond donors (Lipinski definition) is 1. The lowest BCUT2D eigenvalue weighted by Crippen LogP contribution is -2.49. The van der Waals surface area contributed by atoms with E-state index in [4.69, 9.17) is 0 Å². The number of rotatable bonds is 5. The van der Waals surface area contributed by atoms with Crippen molar-refractivity contribution in [2.45, 2.75) is 25.6 Å². The summed E-state index contributed by atoms with van der Waals surface area (Å²) in [5, 5.41) is 3.35. The molecule has 2 aliphatic heterocycles. The number of ether oxygens (including phenoxy) is 1. The van der Waals surface area contributed by atoms with E-state index in [1.807, 2.05) is 0 Å². The summed E-state index contributed by atoms with van der Waals surface area (Å²) in [7, 11) is 0. The van der Waals surface area contributed by atoms with Crippen LogP contribution in [0.5, 0.6) is 5.75 Å². The zero-order valence-corrected chi connectivity index (χ0v) is 13.0. The molecule has 2 aliphatic rings. The molecular weight excluding hydrogens is 307 g/mol. The molecule has 4 nitrogen and oxygen atoms in total. The quantitative estimate of drug-likeness (QED) is 0.893. The van der Waals surface area contributed by atoms with Gasteiger partial charge in [-0.25, -0.2) is 4.39 Å². The van der Waals surface area contributed by atoms with Gasteiger partial charge in [0, 0.05) is 51.9 Å². The van der Waals surface area contributed by atoms with E-state index in [1.54, 1.807) is 6.07 Å². The minimum atomic E-state index is -3.01. The van der Waals surface area contributed by atoms with Gasteiger partial charge in [-0.3, -0.25) is 9.80 Å². The third-order valence-electron chi connectivity index (χ3n) is 4.53. The number of halogens is 3. The molecule has 1 aromatic rings. The number of nitrogens with zero attached hydrogens (tertiary/aromatic N) is 2. The number of alkyl halides is 2. The topological polar surface area (TPSA) is 27.7 Å². The highest BCUT2D eigenvalue weighted by Crippen LogP contribution is 2.23. The second-order valence-electron chi connectivity index (χ2n) is 6.11. The molecule has 2 fully saturated rings. The molecule has 0 amide bonds. The molecule has 23 heavy (non-hydrogen) atoms. The Labute approximate surface area is 134 Å². The molecule has 0 bridgehead atoms. The second-order valence-corrected chi connectivity index (χ2v) is 6.11. The van der Waals surface area contributed by atoms with Gasteiger partial charge in [0.2, 0.25) is 0 Å². The number of nitrogens with one attached hydrogen (secondary N) is 1. The molecule has 2 heterocycles. The van der Waals surface area contributed by atoms with Crippen LogP contribution >= 0.6 is 0 Å². The molecule has 1 N–H and O–H groups in total. The lowest BCUT2D eigenvalue weighted by atomic mass is 10.2. The fraction of sp³-hybridized carbons (Fsp3) is 0.625. The van der Waals surface area contributed by atoms with E-state index in [0.29, 0.717) is 12.6 Å². The molecule has 0 radical (unpaired) electrons. The average molecular weight is 329 g/mol. The normalized spacial score (nSPS) is 23.6. The number of hydrogen-bond acceptors (Lipinski definition) is 4.